The normalized spacial score (nSPS) is 14.7. The summed E-state index contributed by atoms with van der Waals surface area (Å²) in [6.07, 6.45) is 1.96. The van der Waals surface area contributed by atoms with Crippen LogP contribution in [0.1, 0.15) is 39.5 Å². The molecule has 0 aliphatic carbocycles. The molecule has 4 unspecified atom stereocenters. The summed E-state index contributed by atoms with van der Waals surface area (Å²) >= 11 is 5.37. The van der Waals surface area contributed by atoms with Gasteiger partial charge in [-0.2, -0.15) is 24.4 Å². The number of aliphatic carboxylic acids is 2. The lowest BCUT2D eigenvalue weighted by atomic mass is 10.0. The van der Waals surface area contributed by atoms with Crippen LogP contribution in [0.15, 0.2) is 0 Å². The van der Waals surface area contributed by atoms with Crippen molar-refractivity contribution >= 4 is 54.1 Å². The van der Waals surface area contributed by atoms with Gasteiger partial charge in [0.05, 0.1) is 6.04 Å². The number of carbonyl (C=O) groups excluding carboxylic acids is 3. The number of hydrogen-bond acceptors (Lipinski definition) is 8. The summed E-state index contributed by atoms with van der Waals surface area (Å²) in [5.41, 5.74) is 5.72. The lowest BCUT2D eigenvalue weighted by Gasteiger charge is -2.25. The van der Waals surface area contributed by atoms with Gasteiger partial charge in [0.1, 0.15) is 18.1 Å². The van der Waals surface area contributed by atoms with E-state index in [2.05, 4.69) is 28.6 Å². The molecule has 0 radical (unpaired) electrons. The monoisotopic (exact) mass is 494 g/mol. The molecule has 0 aliphatic heterocycles. The number of amides is 3. The molecule has 32 heavy (non-hydrogen) atoms. The fourth-order valence-electron chi connectivity index (χ4n) is 2.63. The van der Waals surface area contributed by atoms with Crippen molar-refractivity contribution in [1.29, 1.82) is 0 Å². The first kappa shape index (κ1) is 30.0. The Kier molecular flexibility index (Phi) is 14.8. The van der Waals surface area contributed by atoms with Crippen LogP contribution < -0.4 is 21.7 Å². The molecular weight excluding hydrogens is 460 g/mol. The van der Waals surface area contributed by atoms with Crippen molar-refractivity contribution in [2.75, 3.05) is 17.8 Å². The number of carbonyl (C=O) groups is 5. The van der Waals surface area contributed by atoms with Crippen LogP contribution in [0.25, 0.3) is 0 Å². The predicted octanol–water partition coefficient (Wildman–Crippen LogP) is -0.553. The van der Waals surface area contributed by atoms with E-state index in [1.165, 1.54) is 11.8 Å². The first-order valence-electron chi connectivity index (χ1n) is 10.1. The second kappa shape index (κ2) is 15.8. The number of thiol groups is 1. The molecule has 0 bridgehead atoms. The zero-order chi connectivity index (χ0) is 24.8. The van der Waals surface area contributed by atoms with Crippen LogP contribution >= 0.6 is 24.4 Å². The van der Waals surface area contributed by atoms with Gasteiger partial charge in [-0.05, 0) is 37.2 Å². The molecule has 184 valence electrons. The lowest BCUT2D eigenvalue weighted by Crippen LogP contribution is -2.57. The molecule has 4 atom stereocenters. The van der Waals surface area contributed by atoms with Gasteiger partial charge >= 0.3 is 11.9 Å². The largest absolute Gasteiger partial charge is 0.481 e. The summed E-state index contributed by atoms with van der Waals surface area (Å²) in [6.45, 7) is 3.68. The van der Waals surface area contributed by atoms with Gasteiger partial charge in [0.25, 0.3) is 0 Å². The van der Waals surface area contributed by atoms with Crippen molar-refractivity contribution in [1.82, 2.24) is 16.0 Å². The Morgan fingerprint density at radius 1 is 0.906 bits per heavy atom. The highest BCUT2D eigenvalue weighted by molar-refractivity contribution is 7.98. The second-order valence-corrected chi connectivity index (χ2v) is 9.01. The van der Waals surface area contributed by atoms with Crippen molar-refractivity contribution in [3.63, 3.8) is 0 Å². The second-order valence-electron chi connectivity index (χ2n) is 7.65. The van der Waals surface area contributed by atoms with E-state index in [4.69, 9.17) is 15.9 Å². The third-order valence-electron chi connectivity index (χ3n) is 4.39. The molecule has 0 heterocycles. The average molecular weight is 495 g/mol. The van der Waals surface area contributed by atoms with Gasteiger partial charge in [0.2, 0.25) is 17.7 Å². The summed E-state index contributed by atoms with van der Waals surface area (Å²) < 4.78 is 0. The Hall–Kier alpha value is -1.99. The Morgan fingerprint density at radius 3 is 1.91 bits per heavy atom. The lowest BCUT2D eigenvalue weighted by molar-refractivity contribution is -0.141. The van der Waals surface area contributed by atoms with Gasteiger partial charge in [0.15, 0.2) is 0 Å². The Morgan fingerprint density at radius 2 is 1.44 bits per heavy atom. The summed E-state index contributed by atoms with van der Waals surface area (Å²) in [7, 11) is 0. The summed E-state index contributed by atoms with van der Waals surface area (Å²) in [4.78, 5) is 59.7. The van der Waals surface area contributed by atoms with Crippen LogP contribution in [-0.4, -0.2) is 81.8 Å². The molecular formula is C19H34N4O7S2. The molecule has 0 spiro atoms. The zero-order valence-corrected chi connectivity index (χ0v) is 20.2. The van der Waals surface area contributed by atoms with Crippen LogP contribution in [0.2, 0.25) is 0 Å². The smallest absolute Gasteiger partial charge is 0.327 e. The Labute approximate surface area is 197 Å². The number of nitrogens with two attached hydrogens (primary N) is 1. The fraction of sp³-hybridized carbons (Fsp3) is 0.737. The van der Waals surface area contributed by atoms with E-state index in [9.17, 15) is 24.0 Å². The third-order valence-corrected chi connectivity index (χ3v) is 5.40. The van der Waals surface area contributed by atoms with Gasteiger partial charge in [-0.1, -0.05) is 13.8 Å². The topological polar surface area (TPSA) is 188 Å². The highest BCUT2D eigenvalue weighted by atomic mass is 32.2. The molecule has 0 saturated carbocycles. The maximum atomic E-state index is 12.9. The van der Waals surface area contributed by atoms with E-state index >= 15 is 0 Å². The van der Waals surface area contributed by atoms with Crippen LogP contribution in [0.5, 0.6) is 0 Å². The summed E-state index contributed by atoms with van der Waals surface area (Å²) in [5.74, 6) is -3.86. The van der Waals surface area contributed by atoms with Crippen molar-refractivity contribution in [3.8, 4) is 0 Å². The van der Waals surface area contributed by atoms with Crippen LogP contribution in [0.3, 0.4) is 0 Å². The standard InChI is InChI=1S/C19H34N4O7S2/c1-10(2)8-13(18(28)23-14(9-31)19(29)30)22-17(27)12(6-7-32-3)21-16(26)11(20)4-5-15(24)25/h10-14,31H,4-9,20H2,1-3H3,(H,21,26)(H,22,27)(H,23,28)(H,24,25)(H,29,30). The third kappa shape index (κ3) is 12.2. The predicted molar refractivity (Wildman–Crippen MR) is 125 cm³/mol. The van der Waals surface area contributed by atoms with Crippen LogP contribution in [-0.2, 0) is 24.0 Å². The molecule has 0 aromatic heterocycles. The summed E-state index contributed by atoms with van der Waals surface area (Å²) in [5, 5.41) is 25.3. The van der Waals surface area contributed by atoms with Crippen molar-refractivity contribution in [2.45, 2.75) is 63.7 Å². The van der Waals surface area contributed by atoms with E-state index in [-0.39, 0.29) is 37.4 Å². The minimum absolute atomic E-state index is 0.00834. The van der Waals surface area contributed by atoms with Gasteiger partial charge < -0.3 is 31.9 Å². The molecule has 0 saturated heterocycles. The number of carboxylic acids is 2. The molecule has 0 rings (SSSR count). The maximum absolute atomic E-state index is 12.9. The van der Waals surface area contributed by atoms with Crippen LogP contribution in [0.4, 0.5) is 0 Å². The highest BCUT2D eigenvalue weighted by Crippen LogP contribution is 2.08. The first-order chi connectivity index (χ1) is 14.9. The fourth-order valence-corrected chi connectivity index (χ4v) is 3.35. The average Bonchev–Trinajstić information content (AvgIpc) is 2.71. The number of nitrogens with one attached hydrogen (secondary N) is 3. The molecule has 0 fully saturated rings. The minimum Gasteiger partial charge on any atom is -0.481 e. The number of rotatable bonds is 16. The molecule has 13 heteroatoms. The van der Waals surface area contributed by atoms with E-state index in [1.54, 1.807) is 0 Å². The molecule has 0 aromatic rings. The van der Waals surface area contributed by atoms with Crippen LogP contribution in [0, 0.1) is 5.92 Å². The van der Waals surface area contributed by atoms with E-state index in [0.29, 0.717) is 5.75 Å². The van der Waals surface area contributed by atoms with Gasteiger partial charge in [0, 0.05) is 12.2 Å². The minimum atomic E-state index is -1.25. The maximum Gasteiger partial charge on any atom is 0.327 e. The quantitative estimate of drug-likeness (QED) is 0.138. The van der Waals surface area contributed by atoms with Gasteiger partial charge in [-0.3, -0.25) is 19.2 Å². The number of thioether (sulfide) groups is 1. The van der Waals surface area contributed by atoms with Crippen molar-refractivity contribution < 1.29 is 34.2 Å². The number of carboxylic acid groups (broad SMARTS) is 2. The zero-order valence-electron chi connectivity index (χ0n) is 18.5. The van der Waals surface area contributed by atoms with E-state index in [0.717, 1.165) is 0 Å². The Bertz CT molecular complexity index is 664. The van der Waals surface area contributed by atoms with Gasteiger partial charge in [-0.25, -0.2) is 4.79 Å². The molecule has 3 amide bonds. The van der Waals surface area contributed by atoms with Crippen molar-refractivity contribution in [2.24, 2.45) is 11.7 Å². The number of hydrogen-bond donors (Lipinski definition) is 7. The van der Waals surface area contributed by atoms with Gasteiger partial charge in [-0.15, -0.1) is 0 Å². The summed E-state index contributed by atoms with van der Waals surface area (Å²) in [6, 6.07) is -4.32. The molecule has 11 nitrogen and oxygen atoms in total. The highest BCUT2D eigenvalue weighted by Gasteiger charge is 2.30. The van der Waals surface area contributed by atoms with Crippen molar-refractivity contribution in [3.05, 3.63) is 0 Å². The Balaban J connectivity index is 5.34. The molecule has 0 aromatic carbocycles. The SMILES string of the molecule is CSCCC(NC(=O)C(N)CCC(=O)O)C(=O)NC(CC(C)C)C(=O)NC(CS)C(=O)O. The molecule has 0 aliphatic rings. The first-order valence-corrected chi connectivity index (χ1v) is 12.2. The molecule has 7 N–H and O–H groups in total. The van der Waals surface area contributed by atoms with E-state index < -0.39 is 53.8 Å². The van der Waals surface area contributed by atoms with E-state index in [1.807, 2.05) is 20.1 Å².